The Hall–Kier alpha value is -2.44. The van der Waals surface area contributed by atoms with Crippen molar-refractivity contribution in [2.75, 3.05) is 11.9 Å². The third kappa shape index (κ3) is 3.19. The third-order valence-electron chi connectivity index (χ3n) is 6.02. The summed E-state index contributed by atoms with van der Waals surface area (Å²) in [5.41, 5.74) is 0.486. The van der Waals surface area contributed by atoms with Gasteiger partial charge in [-0.15, -0.1) is 0 Å². The van der Waals surface area contributed by atoms with Crippen LogP contribution in [0, 0.1) is 0 Å². The molecule has 4 rings (SSSR count). The van der Waals surface area contributed by atoms with Crippen LogP contribution in [-0.4, -0.2) is 50.1 Å². The van der Waals surface area contributed by atoms with Crippen LogP contribution in [0.2, 0.25) is 0 Å². The highest BCUT2D eigenvalue weighted by molar-refractivity contribution is 5.91. The molecule has 1 saturated heterocycles. The van der Waals surface area contributed by atoms with Gasteiger partial charge in [-0.3, -0.25) is 4.79 Å². The molecule has 144 valence electrons. The molecular formula is C20H26FN5O. The average molecular weight is 371 g/mol. The van der Waals surface area contributed by atoms with Crippen molar-refractivity contribution in [2.24, 2.45) is 0 Å². The molecule has 0 radical (unpaired) electrons. The van der Waals surface area contributed by atoms with Crippen molar-refractivity contribution >= 4 is 22.8 Å². The van der Waals surface area contributed by atoms with Gasteiger partial charge in [-0.25, -0.2) is 14.4 Å². The third-order valence-corrected chi connectivity index (χ3v) is 6.02. The molecule has 1 aliphatic heterocycles. The van der Waals surface area contributed by atoms with Gasteiger partial charge in [-0.1, -0.05) is 13.5 Å². The molecule has 2 aliphatic rings. The van der Waals surface area contributed by atoms with Crippen molar-refractivity contribution in [1.29, 1.82) is 0 Å². The van der Waals surface area contributed by atoms with Crippen LogP contribution in [0.1, 0.15) is 51.0 Å². The summed E-state index contributed by atoms with van der Waals surface area (Å²) in [6, 6.07) is 0.342. The number of nitrogens with zero attached hydrogens (tertiary/aromatic N) is 3. The number of aromatic nitrogens is 3. The summed E-state index contributed by atoms with van der Waals surface area (Å²) in [5, 5.41) is 4.36. The minimum atomic E-state index is -1.16. The monoisotopic (exact) mass is 371 g/mol. The standard InChI is InChI=1S/C20H26FN5O/c1-4-13-7-6-12(10-26(13)16(27)5-2)25-19-17-14(15-8-20(15,3)21)9-22-18(17)23-11-24-19/h5,9,11-13,15H,2,4,6-8,10H2,1,3H3,(H2,22,23,24,25)/t12-,13+,15-,20?/m1/s1. The fourth-order valence-electron chi connectivity index (χ4n) is 4.30. The number of alkyl halides is 1. The van der Waals surface area contributed by atoms with Gasteiger partial charge in [0.15, 0.2) is 0 Å². The van der Waals surface area contributed by atoms with Crippen molar-refractivity contribution in [2.45, 2.75) is 63.2 Å². The van der Waals surface area contributed by atoms with Gasteiger partial charge in [-0.05, 0) is 44.2 Å². The Morgan fingerprint density at radius 1 is 1.52 bits per heavy atom. The highest BCUT2D eigenvalue weighted by Gasteiger charge is 2.53. The van der Waals surface area contributed by atoms with E-state index in [2.05, 4.69) is 33.8 Å². The fourth-order valence-corrected chi connectivity index (χ4v) is 4.30. The predicted molar refractivity (Wildman–Crippen MR) is 103 cm³/mol. The Labute approximate surface area is 158 Å². The van der Waals surface area contributed by atoms with E-state index in [9.17, 15) is 9.18 Å². The van der Waals surface area contributed by atoms with Crippen LogP contribution in [0.5, 0.6) is 0 Å². The van der Waals surface area contributed by atoms with Crippen LogP contribution < -0.4 is 5.32 Å². The molecule has 2 aromatic rings. The molecule has 3 heterocycles. The summed E-state index contributed by atoms with van der Waals surface area (Å²) in [4.78, 5) is 26.0. The first-order valence-electron chi connectivity index (χ1n) is 9.65. The second-order valence-electron chi connectivity index (χ2n) is 7.90. The largest absolute Gasteiger partial charge is 0.365 e. The molecule has 27 heavy (non-hydrogen) atoms. The molecule has 1 saturated carbocycles. The number of carbonyl (C=O) groups excluding carboxylic acids is 1. The number of carbonyl (C=O) groups is 1. The first-order valence-corrected chi connectivity index (χ1v) is 9.65. The lowest BCUT2D eigenvalue weighted by atomic mass is 9.96. The quantitative estimate of drug-likeness (QED) is 0.789. The van der Waals surface area contributed by atoms with Crippen LogP contribution in [-0.2, 0) is 4.79 Å². The number of amides is 1. The van der Waals surface area contributed by atoms with Crippen LogP contribution >= 0.6 is 0 Å². The highest BCUT2D eigenvalue weighted by atomic mass is 19.1. The number of H-pyrrole nitrogens is 1. The van der Waals surface area contributed by atoms with Gasteiger partial charge in [-0.2, -0.15) is 0 Å². The summed E-state index contributed by atoms with van der Waals surface area (Å²) < 4.78 is 14.3. The van der Waals surface area contributed by atoms with Crippen LogP contribution in [0.15, 0.2) is 25.2 Å². The number of nitrogens with one attached hydrogen (secondary N) is 2. The van der Waals surface area contributed by atoms with E-state index < -0.39 is 5.67 Å². The summed E-state index contributed by atoms with van der Waals surface area (Å²) in [6.45, 7) is 7.98. The molecule has 2 aromatic heterocycles. The molecule has 0 spiro atoms. The molecule has 2 fully saturated rings. The van der Waals surface area contributed by atoms with Crippen molar-refractivity contribution in [3.63, 3.8) is 0 Å². The molecule has 0 bridgehead atoms. The summed E-state index contributed by atoms with van der Waals surface area (Å²) in [5.74, 6) is 0.562. The molecule has 1 amide bonds. The molecule has 0 aromatic carbocycles. The lowest BCUT2D eigenvalue weighted by molar-refractivity contribution is -0.129. The van der Waals surface area contributed by atoms with E-state index >= 15 is 0 Å². The van der Waals surface area contributed by atoms with Gasteiger partial charge in [0.2, 0.25) is 5.91 Å². The second kappa shape index (κ2) is 6.62. The smallest absolute Gasteiger partial charge is 0.246 e. The van der Waals surface area contributed by atoms with Crippen molar-refractivity contribution < 1.29 is 9.18 Å². The molecule has 1 unspecified atom stereocenters. The van der Waals surface area contributed by atoms with Gasteiger partial charge < -0.3 is 15.2 Å². The number of hydrogen-bond donors (Lipinski definition) is 2. The van der Waals surface area contributed by atoms with E-state index in [4.69, 9.17) is 0 Å². The average Bonchev–Trinajstić information content (AvgIpc) is 3.10. The first kappa shape index (κ1) is 17.9. The number of fused-ring (bicyclic) bond motifs is 1. The number of aromatic amines is 1. The molecule has 2 N–H and O–H groups in total. The van der Waals surface area contributed by atoms with E-state index in [-0.39, 0.29) is 23.9 Å². The molecule has 1 aliphatic carbocycles. The number of halogens is 1. The van der Waals surface area contributed by atoms with Crippen LogP contribution in [0.25, 0.3) is 11.0 Å². The van der Waals surface area contributed by atoms with E-state index in [0.29, 0.717) is 24.4 Å². The predicted octanol–water partition coefficient (Wildman–Crippen LogP) is 3.54. The summed E-state index contributed by atoms with van der Waals surface area (Å²) in [7, 11) is 0. The minimum absolute atomic E-state index is 0.0327. The Kier molecular flexibility index (Phi) is 4.40. The van der Waals surface area contributed by atoms with Crippen molar-refractivity contribution in [3.8, 4) is 0 Å². The second-order valence-corrected chi connectivity index (χ2v) is 7.90. The Morgan fingerprint density at radius 3 is 2.96 bits per heavy atom. The molecular weight excluding hydrogens is 345 g/mol. The Balaban J connectivity index is 1.59. The van der Waals surface area contributed by atoms with Crippen molar-refractivity contribution in [1.82, 2.24) is 19.9 Å². The maximum atomic E-state index is 14.3. The van der Waals surface area contributed by atoms with Gasteiger partial charge in [0.25, 0.3) is 0 Å². The summed E-state index contributed by atoms with van der Waals surface area (Å²) >= 11 is 0. The zero-order valence-electron chi connectivity index (χ0n) is 15.8. The van der Waals surface area contributed by atoms with E-state index in [1.165, 1.54) is 12.4 Å². The number of anilines is 1. The maximum absolute atomic E-state index is 14.3. The number of hydrogen-bond acceptors (Lipinski definition) is 4. The topological polar surface area (TPSA) is 73.9 Å². The zero-order valence-corrected chi connectivity index (χ0v) is 15.8. The van der Waals surface area contributed by atoms with Gasteiger partial charge in [0, 0.05) is 30.7 Å². The fraction of sp³-hybridized carbons (Fsp3) is 0.550. The van der Waals surface area contributed by atoms with Gasteiger partial charge >= 0.3 is 0 Å². The Bertz CT molecular complexity index is 876. The molecule has 7 heteroatoms. The van der Waals surface area contributed by atoms with Crippen LogP contribution in [0.4, 0.5) is 10.2 Å². The lowest BCUT2D eigenvalue weighted by Gasteiger charge is -2.39. The number of piperidine rings is 1. The summed E-state index contributed by atoms with van der Waals surface area (Å²) in [6.07, 6.45) is 8.09. The molecule has 6 nitrogen and oxygen atoms in total. The van der Waals surface area contributed by atoms with Crippen molar-refractivity contribution in [3.05, 3.63) is 30.7 Å². The highest BCUT2D eigenvalue weighted by Crippen LogP contribution is 2.56. The van der Waals surface area contributed by atoms with E-state index in [1.54, 1.807) is 6.92 Å². The zero-order chi connectivity index (χ0) is 19.2. The molecule has 4 atom stereocenters. The van der Waals surface area contributed by atoms with E-state index in [0.717, 1.165) is 30.2 Å². The number of rotatable bonds is 5. The first-order chi connectivity index (χ1) is 12.9. The number of likely N-dealkylation sites (tertiary alicyclic amines) is 1. The SMILES string of the molecule is C=CC(=O)N1C[C@H](Nc2ncnc3[nH]cc([C@H]4CC4(C)F)c23)CC[C@@H]1CC. The maximum Gasteiger partial charge on any atom is 0.246 e. The normalized spacial score (nSPS) is 30.3. The van der Waals surface area contributed by atoms with Gasteiger partial charge in [0.1, 0.15) is 23.5 Å². The van der Waals surface area contributed by atoms with Gasteiger partial charge in [0.05, 0.1) is 5.39 Å². The van der Waals surface area contributed by atoms with Crippen LogP contribution in [0.3, 0.4) is 0 Å². The lowest BCUT2D eigenvalue weighted by Crippen LogP contribution is -2.50. The Morgan fingerprint density at radius 2 is 2.30 bits per heavy atom. The minimum Gasteiger partial charge on any atom is -0.365 e. The van der Waals surface area contributed by atoms with E-state index in [1.807, 2.05) is 11.1 Å².